The van der Waals surface area contributed by atoms with Gasteiger partial charge in [0.2, 0.25) is 0 Å². The summed E-state index contributed by atoms with van der Waals surface area (Å²) in [5, 5.41) is 8.36. The molecule has 15 nitrogen and oxygen atoms in total. The molecule has 83 heavy (non-hydrogen) atoms. The molecule has 0 saturated carbocycles. The third-order valence-electron chi connectivity index (χ3n) is 12.1. The van der Waals surface area contributed by atoms with Crippen molar-refractivity contribution < 1.29 is 4.79 Å². The highest BCUT2D eigenvalue weighted by Crippen LogP contribution is 2.51. The van der Waals surface area contributed by atoms with Gasteiger partial charge >= 0.3 is 0 Å². The number of azide groups is 1. The molecule has 8 aromatic rings. The van der Waals surface area contributed by atoms with Crippen molar-refractivity contribution in [3.05, 3.63) is 70.6 Å². The maximum atomic E-state index is 13.5. The molecule has 0 atom stereocenters. The molecule has 8 bridgehead atoms. The van der Waals surface area contributed by atoms with Crippen molar-refractivity contribution in [2.75, 3.05) is 13.1 Å². The highest BCUT2D eigenvalue weighted by Gasteiger charge is 2.31. The zero-order valence-electron chi connectivity index (χ0n) is 50.6. The zero-order chi connectivity index (χ0) is 59.9. The lowest BCUT2D eigenvalue weighted by molar-refractivity contribution is 0.0953. The van der Waals surface area contributed by atoms with E-state index in [0.29, 0.717) is 86.5 Å². The summed E-state index contributed by atoms with van der Waals surface area (Å²) < 4.78 is -0.611. The Balaban J connectivity index is 1.36. The summed E-state index contributed by atoms with van der Waals surface area (Å²) in [6.45, 7) is 40.9. The molecule has 4 aromatic heterocycles. The number of benzene rings is 4. The molecule has 3 N–H and O–H groups in total. The molecule has 0 spiro atoms. The highest BCUT2D eigenvalue weighted by atomic mass is 32.2. The standard InChI is InChI=1S/C62H72N14OS6/c1-57(2,3)78-40-25-32-33(26-41(40)79-58(4,5)6)49-68-48(32)69-50-34-27-42(80-59(7,8)9)44(82-61(13,14)15)29-36(34)52(71-50)73-54-46-47(67-39-24-31(20-21-38(39)66-46)56(77)64-22-19-23-65-76-63)55(75-54)74-53-37-30-45(83-62(16,17)18)43(81-60(10,11)12)28-35(37)51(70-49)72-53/h20-21,24-30H,19,22-23H2,1-18H3,(H,64,77)(H2,68,69,70,71,72,73,74,75). The normalized spacial score (nSPS) is 13.2. The second kappa shape index (κ2) is 22.4. The number of carbonyl (C=O) groups excluding carboxylic acids is 1. The number of aromatic nitrogens is 10. The fourth-order valence-corrected chi connectivity index (χ4v) is 16.0. The molecule has 21 heteroatoms. The van der Waals surface area contributed by atoms with Crippen molar-refractivity contribution in [2.24, 2.45) is 5.11 Å². The highest BCUT2D eigenvalue weighted by molar-refractivity contribution is 8.04. The Labute approximate surface area is 511 Å². The number of rotatable bonds is 11. The third kappa shape index (κ3) is 14.3. The van der Waals surface area contributed by atoms with Crippen molar-refractivity contribution in [3.63, 3.8) is 0 Å². The van der Waals surface area contributed by atoms with Crippen molar-refractivity contribution in [2.45, 2.75) is 189 Å². The maximum absolute atomic E-state index is 13.5. The molecule has 0 aliphatic carbocycles. The summed E-state index contributed by atoms with van der Waals surface area (Å²) in [6.07, 6.45) is 0.506. The predicted molar refractivity (Wildman–Crippen MR) is 354 cm³/mol. The van der Waals surface area contributed by atoms with Crippen LogP contribution in [0, 0.1) is 0 Å². The van der Waals surface area contributed by atoms with Crippen LogP contribution < -0.4 is 5.32 Å². The van der Waals surface area contributed by atoms with E-state index in [1.807, 2.05) is 70.6 Å². The van der Waals surface area contributed by atoms with Crippen LogP contribution >= 0.6 is 70.6 Å². The van der Waals surface area contributed by atoms with E-state index in [1.165, 1.54) is 0 Å². The lowest BCUT2D eigenvalue weighted by Gasteiger charge is -2.24. The lowest BCUT2D eigenvalue weighted by atomic mass is 10.1. The van der Waals surface area contributed by atoms with Gasteiger partial charge in [-0.3, -0.25) is 4.79 Å². The zero-order valence-corrected chi connectivity index (χ0v) is 55.5. The quantitative estimate of drug-likeness (QED) is 0.0361. The van der Waals surface area contributed by atoms with Crippen molar-refractivity contribution >= 4 is 132 Å². The Morgan fingerprint density at radius 3 is 1.16 bits per heavy atom. The summed E-state index contributed by atoms with van der Waals surface area (Å²) in [5.74, 6) is 1.63. The number of nitrogens with one attached hydrogen (secondary N) is 3. The van der Waals surface area contributed by atoms with Gasteiger partial charge in [0.1, 0.15) is 22.3 Å². The fourth-order valence-electron chi connectivity index (χ4n) is 9.32. The van der Waals surface area contributed by atoms with Crippen LogP contribution in [0.15, 0.2) is 89.1 Å². The number of fused-ring (bicyclic) bond motifs is 21. The van der Waals surface area contributed by atoms with Gasteiger partial charge in [0.25, 0.3) is 5.91 Å². The Bertz CT molecular complexity index is 4160. The molecule has 1 amide bonds. The predicted octanol–water partition coefficient (Wildman–Crippen LogP) is 18.6. The Kier molecular flexibility index (Phi) is 16.3. The van der Waals surface area contributed by atoms with Gasteiger partial charge in [-0.15, -0.1) is 70.6 Å². The first kappa shape index (κ1) is 60.6. The molecule has 0 radical (unpaired) electrons. The van der Waals surface area contributed by atoms with Crippen LogP contribution in [0.25, 0.3) is 111 Å². The number of carbonyl (C=O) groups is 1. The van der Waals surface area contributed by atoms with Gasteiger partial charge in [0, 0.05) is 114 Å². The number of aromatic amines is 2. The molecular formula is C62H72N14OS6. The van der Waals surface area contributed by atoms with Crippen molar-refractivity contribution in [1.82, 2.24) is 55.2 Å². The average Bonchev–Trinajstić information content (AvgIpc) is 3.61. The number of H-pyrrole nitrogens is 2. The molecule has 2 aliphatic heterocycles. The van der Waals surface area contributed by atoms with E-state index in [2.05, 4.69) is 186 Å². The summed E-state index contributed by atoms with van der Waals surface area (Å²) in [5.41, 5.74) is 16.5. The maximum Gasteiger partial charge on any atom is 0.251 e. The SMILES string of the molecule is CC(C)(C)Sc1cc2c(cc1SC(C)(C)C)-c1nc-2nc2[nH]c(nc3nc(nc4[nH]c(n1)c1nc5ccc(C(=O)NCCCN=[N+]=[N-])cc5nc41)-c1cc(SC(C)(C)C)c(SC(C)(C)C)cc1-3)c1cc(SC(C)(C)C)c(SC(C)(C)C)cc21. The fraction of sp³-hybridized carbons (Fsp3) is 0.435. The first-order chi connectivity index (χ1) is 38.6. The van der Waals surface area contributed by atoms with Crippen LogP contribution in [0.3, 0.4) is 0 Å². The molecule has 0 saturated heterocycles. The monoisotopic (exact) mass is 1220 g/mol. The van der Waals surface area contributed by atoms with E-state index in [0.717, 1.165) is 62.4 Å². The van der Waals surface area contributed by atoms with Gasteiger partial charge in [-0.25, -0.2) is 39.9 Å². The van der Waals surface area contributed by atoms with E-state index >= 15 is 0 Å². The first-order valence-corrected chi connectivity index (χ1v) is 32.7. The number of amides is 1. The minimum Gasteiger partial charge on any atom is -0.352 e. The van der Waals surface area contributed by atoms with Gasteiger partial charge in [0.05, 0.1) is 11.0 Å². The number of nitrogens with zero attached hydrogens (tertiary/aromatic N) is 11. The number of hydrogen-bond acceptors (Lipinski definition) is 16. The average molecular weight is 1220 g/mol. The van der Waals surface area contributed by atoms with Crippen LogP contribution in [0.2, 0.25) is 0 Å². The van der Waals surface area contributed by atoms with Crippen LogP contribution in [0.5, 0.6) is 0 Å². The lowest BCUT2D eigenvalue weighted by Crippen LogP contribution is -2.24. The van der Waals surface area contributed by atoms with Crippen LogP contribution in [0.4, 0.5) is 0 Å². The van der Waals surface area contributed by atoms with Crippen molar-refractivity contribution in [1.29, 1.82) is 0 Å². The molecule has 4 aromatic carbocycles. The second-order valence-corrected chi connectivity index (χ2v) is 37.8. The molecule has 2 aliphatic rings. The molecule has 10 rings (SSSR count). The number of hydrogen-bond donors (Lipinski definition) is 3. The Morgan fingerprint density at radius 1 is 0.458 bits per heavy atom. The van der Waals surface area contributed by atoms with Crippen LogP contribution in [0.1, 0.15) is 141 Å². The molecular weight excluding hydrogens is 1150 g/mol. The first-order valence-electron chi connectivity index (χ1n) is 27.8. The topological polar surface area (TPSA) is 213 Å². The van der Waals surface area contributed by atoms with Gasteiger partial charge in [0.15, 0.2) is 34.6 Å². The van der Waals surface area contributed by atoms with E-state index in [9.17, 15) is 4.79 Å². The molecule has 6 heterocycles. The van der Waals surface area contributed by atoms with E-state index in [-0.39, 0.29) is 40.9 Å². The molecule has 0 unspecified atom stereocenters. The minimum atomic E-state index is -0.280. The largest absolute Gasteiger partial charge is 0.352 e. The summed E-state index contributed by atoms with van der Waals surface area (Å²) in [4.78, 5) is 73.8. The minimum absolute atomic E-state index is 0.0866. The van der Waals surface area contributed by atoms with Crippen molar-refractivity contribution in [3.8, 4) is 45.6 Å². The summed E-state index contributed by atoms with van der Waals surface area (Å²) in [7, 11) is 0. The van der Waals surface area contributed by atoms with E-state index < -0.39 is 0 Å². The van der Waals surface area contributed by atoms with E-state index in [1.54, 1.807) is 18.2 Å². The van der Waals surface area contributed by atoms with E-state index in [4.69, 9.17) is 45.4 Å². The second-order valence-electron chi connectivity index (χ2n) is 26.6. The van der Waals surface area contributed by atoms with Gasteiger partial charge in [-0.2, -0.15) is 0 Å². The van der Waals surface area contributed by atoms with Gasteiger partial charge in [-0.1, -0.05) is 130 Å². The molecule has 432 valence electrons. The Morgan fingerprint density at radius 2 is 0.795 bits per heavy atom. The van der Waals surface area contributed by atoms with Gasteiger partial charge in [-0.05, 0) is 66.5 Å². The van der Waals surface area contributed by atoms with Crippen LogP contribution in [-0.2, 0) is 0 Å². The smallest absolute Gasteiger partial charge is 0.251 e. The molecule has 0 fully saturated rings. The van der Waals surface area contributed by atoms with Crippen LogP contribution in [-0.4, -0.2) is 97.3 Å². The number of thioether (sulfide) groups is 6. The summed E-state index contributed by atoms with van der Waals surface area (Å²) >= 11 is 11.0. The van der Waals surface area contributed by atoms with Gasteiger partial charge < -0.3 is 15.3 Å². The summed E-state index contributed by atoms with van der Waals surface area (Å²) in [6, 6.07) is 18.7. The Hall–Kier alpha value is -5.54. The third-order valence-corrected chi connectivity index (χ3v) is 19.6.